The minimum atomic E-state index is 0.0174. The highest BCUT2D eigenvalue weighted by atomic mass is 16.5. The Morgan fingerprint density at radius 2 is 2.27 bits per heavy atom. The molecule has 3 nitrogen and oxygen atoms in total. The SMILES string of the molecule is CN(C)CC1(CO)CCOC1. The van der Waals surface area contributed by atoms with Crippen molar-refractivity contribution in [1.82, 2.24) is 4.90 Å². The van der Waals surface area contributed by atoms with Gasteiger partial charge in [0, 0.05) is 18.6 Å². The minimum absolute atomic E-state index is 0.0174. The number of rotatable bonds is 3. The molecule has 0 radical (unpaired) electrons. The summed E-state index contributed by atoms with van der Waals surface area (Å²) in [4.78, 5) is 2.10. The monoisotopic (exact) mass is 159 g/mol. The van der Waals surface area contributed by atoms with E-state index in [0.29, 0.717) is 6.61 Å². The largest absolute Gasteiger partial charge is 0.396 e. The van der Waals surface area contributed by atoms with Crippen LogP contribution in [0.3, 0.4) is 0 Å². The highest BCUT2D eigenvalue weighted by Gasteiger charge is 2.34. The molecule has 1 aliphatic heterocycles. The molecule has 66 valence electrons. The molecule has 0 aromatic heterocycles. The van der Waals surface area contributed by atoms with E-state index in [4.69, 9.17) is 9.84 Å². The summed E-state index contributed by atoms with van der Waals surface area (Å²) in [5, 5.41) is 9.16. The van der Waals surface area contributed by atoms with E-state index in [1.807, 2.05) is 14.1 Å². The van der Waals surface area contributed by atoms with Crippen molar-refractivity contribution in [3.8, 4) is 0 Å². The maximum absolute atomic E-state index is 9.16. The third-order valence-corrected chi connectivity index (χ3v) is 2.17. The Hall–Kier alpha value is -0.120. The van der Waals surface area contributed by atoms with Crippen LogP contribution in [0.5, 0.6) is 0 Å². The second-order valence-electron chi connectivity index (χ2n) is 3.70. The van der Waals surface area contributed by atoms with Crippen molar-refractivity contribution in [1.29, 1.82) is 0 Å². The molecule has 1 saturated heterocycles. The van der Waals surface area contributed by atoms with Crippen LogP contribution in [0.1, 0.15) is 6.42 Å². The molecule has 1 aliphatic rings. The molecule has 0 aromatic carbocycles. The summed E-state index contributed by atoms with van der Waals surface area (Å²) in [6.07, 6.45) is 0.988. The highest BCUT2D eigenvalue weighted by molar-refractivity contribution is 4.84. The molecule has 1 rings (SSSR count). The van der Waals surface area contributed by atoms with Gasteiger partial charge in [-0.2, -0.15) is 0 Å². The van der Waals surface area contributed by atoms with Crippen molar-refractivity contribution >= 4 is 0 Å². The Morgan fingerprint density at radius 3 is 2.64 bits per heavy atom. The fraction of sp³-hybridized carbons (Fsp3) is 1.00. The normalized spacial score (nSPS) is 31.6. The third kappa shape index (κ3) is 2.15. The second kappa shape index (κ2) is 3.52. The van der Waals surface area contributed by atoms with E-state index in [9.17, 15) is 0 Å². The van der Waals surface area contributed by atoms with Crippen LogP contribution in [0.2, 0.25) is 0 Å². The average molecular weight is 159 g/mol. The number of hydrogen-bond donors (Lipinski definition) is 1. The summed E-state index contributed by atoms with van der Waals surface area (Å²) in [5.41, 5.74) is 0.0174. The average Bonchev–Trinajstić information content (AvgIpc) is 2.36. The van der Waals surface area contributed by atoms with Crippen LogP contribution in [0, 0.1) is 5.41 Å². The quantitative estimate of drug-likeness (QED) is 0.626. The van der Waals surface area contributed by atoms with Crippen LogP contribution in [0.25, 0.3) is 0 Å². The van der Waals surface area contributed by atoms with Gasteiger partial charge in [0.2, 0.25) is 0 Å². The minimum Gasteiger partial charge on any atom is -0.396 e. The molecule has 0 aromatic rings. The van der Waals surface area contributed by atoms with Crippen molar-refractivity contribution in [3.05, 3.63) is 0 Å². The fourth-order valence-electron chi connectivity index (χ4n) is 1.62. The molecule has 1 fully saturated rings. The van der Waals surface area contributed by atoms with Crippen molar-refractivity contribution in [2.45, 2.75) is 6.42 Å². The topological polar surface area (TPSA) is 32.7 Å². The van der Waals surface area contributed by atoms with Crippen LogP contribution in [0.15, 0.2) is 0 Å². The molecule has 0 aliphatic carbocycles. The number of hydrogen-bond acceptors (Lipinski definition) is 3. The van der Waals surface area contributed by atoms with E-state index in [1.165, 1.54) is 0 Å². The predicted molar refractivity (Wildman–Crippen MR) is 43.5 cm³/mol. The zero-order valence-electron chi connectivity index (χ0n) is 7.34. The lowest BCUT2D eigenvalue weighted by atomic mass is 9.88. The molecule has 1 atom stereocenters. The summed E-state index contributed by atoms with van der Waals surface area (Å²) in [6.45, 7) is 2.67. The summed E-state index contributed by atoms with van der Waals surface area (Å²) in [5.74, 6) is 0. The van der Waals surface area contributed by atoms with Gasteiger partial charge in [-0.1, -0.05) is 0 Å². The Morgan fingerprint density at radius 1 is 1.55 bits per heavy atom. The van der Waals surface area contributed by atoms with Crippen LogP contribution in [-0.4, -0.2) is 50.5 Å². The number of aliphatic hydroxyl groups excluding tert-OH is 1. The van der Waals surface area contributed by atoms with Crippen molar-refractivity contribution < 1.29 is 9.84 Å². The number of ether oxygens (including phenoxy) is 1. The van der Waals surface area contributed by atoms with Gasteiger partial charge in [-0.05, 0) is 20.5 Å². The lowest BCUT2D eigenvalue weighted by Crippen LogP contribution is -2.37. The van der Waals surface area contributed by atoms with Gasteiger partial charge in [0.1, 0.15) is 0 Å². The van der Waals surface area contributed by atoms with Gasteiger partial charge in [0.25, 0.3) is 0 Å². The maximum atomic E-state index is 9.16. The first-order valence-corrected chi connectivity index (χ1v) is 4.02. The summed E-state index contributed by atoms with van der Waals surface area (Å²) < 4.78 is 5.27. The van der Waals surface area contributed by atoms with E-state index in [0.717, 1.165) is 19.6 Å². The number of nitrogens with zero attached hydrogens (tertiary/aromatic N) is 1. The Bertz CT molecular complexity index is 119. The lowest BCUT2D eigenvalue weighted by molar-refractivity contribution is 0.0708. The fourth-order valence-corrected chi connectivity index (χ4v) is 1.62. The Labute approximate surface area is 68.0 Å². The molecule has 0 saturated carbocycles. The molecule has 1 heterocycles. The molecule has 11 heavy (non-hydrogen) atoms. The zero-order valence-corrected chi connectivity index (χ0v) is 7.34. The lowest BCUT2D eigenvalue weighted by Gasteiger charge is -2.27. The maximum Gasteiger partial charge on any atom is 0.0557 e. The Kier molecular flexibility index (Phi) is 2.87. The van der Waals surface area contributed by atoms with E-state index >= 15 is 0 Å². The van der Waals surface area contributed by atoms with Gasteiger partial charge in [-0.25, -0.2) is 0 Å². The summed E-state index contributed by atoms with van der Waals surface area (Å²) >= 11 is 0. The number of aliphatic hydroxyl groups is 1. The molecule has 3 heteroatoms. The van der Waals surface area contributed by atoms with Crippen molar-refractivity contribution in [3.63, 3.8) is 0 Å². The summed E-state index contributed by atoms with van der Waals surface area (Å²) in [6, 6.07) is 0. The van der Waals surface area contributed by atoms with Crippen LogP contribution >= 0.6 is 0 Å². The van der Waals surface area contributed by atoms with Crippen LogP contribution < -0.4 is 0 Å². The van der Waals surface area contributed by atoms with Gasteiger partial charge in [-0.15, -0.1) is 0 Å². The van der Waals surface area contributed by atoms with Gasteiger partial charge in [-0.3, -0.25) is 0 Å². The molecular formula is C8H17NO2. The zero-order chi connectivity index (χ0) is 8.32. The molecule has 1 N–H and O–H groups in total. The molecule has 0 amide bonds. The smallest absolute Gasteiger partial charge is 0.0557 e. The van der Waals surface area contributed by atoms with E-state index < -0.39 is 0 Å². The first-order chi connectivity index (χ1) is 5.18. The van der Waals surface area contributed by atoms with Gasteiger partial charge in [0.05, 0.1) is 13.2 Å². The molecule has 0 bridgehead atoms. The molecule has 1 unspecified atom stereocenters. The van der Waals surface area contributed by atoms with Gasteiger partial charge in [0.15, 0.2) is 0 Å². The standard InChI is InChI=1S/C8H17NO2/c1-9(2)5-8(6-10)3-4-11-7-8/h10H,3-7H2,1-2H3. The molecule has 0 spiro atoms. The van der Waals surface area contributed by atoms with Gasteiger partial charge < -0.3 is 14.7 Å². The third-order valence-electron chi connectivity index (χ3n) is 2.17. The first-order valence-electron chi connectivity index (χ1n) is 4.02. The van der Waals surface area contributed by atoms with Crippen molar-refractivity contribution in [2.75, 3.05) is 40.5 Å². The van der Waals surface area contributed by atoms with E-state index in [-0.39, 0.29) is 12.0 Å². The van der Waals surface area contributed by atoms with E-state index in [1.54, 1.807) is 0 Å². The van der Waals surface area contributed by atoms with Gasteiger partial charge >= 0.3 is 0 Å². The highest BCUT2D eigenvalue weighted by Crippen LogP contribution is 2.28. The van der Waals surface area contributed by atoms with E-state index in [2.05, 4.69) is 4.90 Å². The predicted octanol–water partition coefficient (Wildman–Crippen LogP) is -0.0530. The Balaban J connectivity index is 2.45. The second-order valence-corrected chi connectivity index (χ2v) is 3.70. The first kappa shape index (κ1) is 8.97. The summed E-state index contributed by atoms with van der Waals surface area (Å²) in [7, 11) is 4.05. The van der Waals surface area contributed by atoms with Crippen molar-refractivity contribution in [2.24, 2.45) is 5.41 Å². The van der Waals surface area contributed by atoms with Crippen LogP contribution in [-0.2, 0) is 4.74 Å². The van der Waals surface area contributed by atoms with Crippen LogP contribution in [0.4, 0.5) is 0 Å². The molecular weight excluding hydrogens is 142 g/mol.